The zero-order valence-electron chi connectivity index (χ0n) is 13.1. The highest BCUT2D eigenvalue weighted by Crippen LogP contribution is 2.24. The van der Waals surface area contributed by atoms with Crippen molar-refractivity contribution in [1.82, 2.24) is 5.32 Å². The first-order chi connectivity index (χ1) is 11.0. The molecule has 2 aliphatic rings. The van der Waals surface area contributed by atoms with Crippen molar-refractivity contribution in [3.05, 3.63) is 35.9 Å². The van der Waals surface area contributed by atoms with Gasteiger partial charge >= 0.3 is 0 Å². The van der Waals surface area contributed by atoms with E-state index in [1.165, 1.54) is 17.1 Å². The molecule has 1 aromatic rings. The van der Waals surface area contributed by atoms with Gasteiger partial charge in [-0.1, -0.05) is 25.0 Å². The molecule has 6 heteroatoms. The van der Waals surface area contributed by atoms with E-state index in [0.29, 0.717) is 24.7 Å². The number of sulfonamides is 1. The van der Waals surface area contributed by atoms with E-state index in [4.69, 9.17) is 0 Å². The maximum absolute atomic E-state index is 11.9. The number of carbonyl (C=O) groups is 1. The number of nitrogens with one attached hydrogen (secondary N) is 1. The lowest BCUT2D eigenvalue weighted by atomic mass is 10.2. The highest BCUT2D eigenvalue weighted by Gasteiger charge is 2.28. The minimum Gasteiger partial charge on any atom is -0.350 e. The minimum atomic E-state index is -3.14. The fourth-order valence-corrected chi connectivity index (χ4v) is 4.74. The van der Waals surface area contributed by atoms with Crippen molar-refractivity contribution in [3.63, 3.8) is 0 Å². The lowest BCUT2D eigenvalue weighted by Gasteiger charge is -2.16. The minimum absolute atomic E-state index is 0.0666. The van der Waals surface area contributed by atoms with E-state index in [1.54, 1.807) is 24.3 Å². The van der Waals surface area contributed by atoms with Crippen molar-refractivity contribution in [1.29, 1.82) is 0 Å². The Morgan fingerprint density at radius 2 is 1.83 bits per heavy atom. The first-order valence-electron chi connectivity index (χ1n) is 8.14. The molecule has 0 spiro atoms. The molecule has 1 amide bonds. The molecule has 2 fully saturated rings. The van der Waals surface area contributed by atoms with Crippen LogP contribution in [0.25, 0.3) is 6.08 Å². The van der Waals surface area contributed by atoms with E-state index in [2.05, 4.69) is 5.32 Å². The maximum atomic E-state index is 11.9. The van der Waals surface area contributed by atoms with Crippen molar-refractivity contribution >= 4 is 27.7 Å². The van der Waals surface area contributed by atoms with Crippen LogP contribution in [0.4, 0.5) is 5.69 Å². The van der Waals surface area contributed by atoms with Crippen LogP contribution in [-0.4, -0.2) is 32.7 Å². The third-order valence-electron chi connectivity index (χ3n) is 4.41. The number of carbonyl (C=O) groups excluding carboxylic acids is 1. The SMILES string of the molecule is O=C(/C=C/c1ccc(N2CCCS2(=O)=O)cc1)NC1CCCC1. The third kappa shape index (κ3) is 3.93. The second kappa shape index (κ2) is 6.74. The van der Waals surface area contributed by atoms with Crippen molar-refractivity contribution in [2.24, 2.45) is 0 Å². The monoisotopic (exact) mass is 334 g/mol. The van der Waals surface area contributed by atoms with Gasteiger partial charge in [-0.15, -0.1) is 0 Å². The Bertz CT molecular complexity index is 689. The smallest absolute Gasteiger partial charge is 0.244 e. The number of benzene rings is 1. The van der Waals surface area contributed by atoms with Crippen LogP contribution in [0.5, 0.6) is 0 Å². The Morgan fingerprint density at radius 1 is 1.13 bits per heavy atom. The molecular weight excluding hydrogens is 312 g/mol. The van der Waals surface area contributed by atoms with Crippen LogP contribution in [0, 0.1) is 0 Å². The van der Waals surface area contributed by atoms with Crippen molar-refractivity contribution in [2.75, 3.05) is 16.6 Å². The van der Waals surface area contributed by atoms with Crippen LogP contribution < -0.4 is 9.62 Å². The van der Waals surface area contributed by atoms with Gasteiger partial charge in [0, 0.05) is 18.7 Å². The Hall–Kier alpha value is -1.82. The van der Waals surface area contributed by atoms with Crippen LogP contribution in [0.3, 0.4) is 0 Å². The third-order valence-corrected chi connectivity index (χ3v) is 6.28. The van der Waals surface area contributed by atoms with Gasteiger partial charge < -0.3 is 5.32 Å². The van der Waals surface area contributed by atoms with Gasteiger partial charge in [-0.05, 0) is 43.0 Å². The summed E-state index contributed by atoms with van der Waals surface area (Å²) in [6, 6.07) is 7.56. The van der Waals surface area contributed by atoms with Gasteiger partial charge in [-0.25, -0.2) is 8.42 Å². The molecule has 1 N–H and O–H groups in total. The molecular formula is C17H22N2O3S. The number of anilines is 1. The average Bonchev–Trinajstić information content (AvgIpc) is 3.15. The summed E-state index contributed by atoms with van der Waals surface area (Å²) in [6.07, 6.45) is 8.49. The summed E-state index contributed by atoms with van der Waals surface area (Å²) < 4.78 is 25.2. The molecule has 0 atom stereocenters. The lowest BCUT2D eigenvalue weighted by molar-refractivity contribution is -0.117. The summed E-state index contributed by atoms with van der Waals surface area (Å²) in [5.41, 5.74) is 1.57. The van der Waals surface area contributed by atoms with Crippen LogP contribution in [0.1, 0.15) is 37.7 Å². The van der Waals surface area contributed by atoms with Gasteiger partial charge in [-0.2, -0.15) is 0 Å². The molecule has 0 aromatic heterocycles. The number of rotatable bonds is 4. The summed E-state index contributed by atoms with van der Waals surface area (Å²) in [6.45, 7) is 0.543. The van der Waals surface area contributed by atoms with E-state index in [1.807, 2.05) is 12.1 Å². The normalized spacial score (nSPS) is 21.1. The average molecular weight is 334 g/mol. The van der Waals surface area contributed by atoms with Crippen LogP contribution in [-0.2, 0) is 14.8 Å². The molecule has 0 bridgehead atoms. The highest BCUT2D eigenvalue weighted by molar-refractivity contribution is 7.93. The molecule has 3 rings (SSSR count). The van der Waals surface area contributed by atoms with Gasteiger partial charge in [0.2, 0.25) is 15.9 Å². The quantitative estimate of drug-likeness (QED) is 0.859. The van der Waals surface area contributed by atoms with E-state index in [-0.39, 0.29) is 11.7 Å². The molecule has 1 saturated heterocycles. The van der Waals surface area contributed by atoms with Gasteiger partial charge in [0.25, 0.3) is 0 Å². The van der Waals surface area contributed by atoms with Crippen LogP contribution in [0.15, 0.2) is 30.3 Å². The Kier molecular flexibility index (Phi) is 4.71. The van der Waals surface area contributed by atoms with Crippen molar-refractivity contribution < 1.29 is 13.2 Å². The molecule has 23 heavy (non-hydrogen) atoms. The number of hydrogen-bond acceptors (Lipinski definition) is 3. The first-order valence-corrected chi connectivity index (χ1v) is 9.74. The fourth-order valence-electron chi connectivity index (χ4n) is 3.17. The predicted octanol–water partition coefficient (Wildman–Crippen LogP) is 2.30. The first kappa shape index (κ1) is 16.1. The maximum Gasteiger partial charge on any atom is 0.244 e. The summed E-state index contributed by atoms with van der Waals surface area (Å²) in [5.74, 6) is 0.152. The Morgan fingerprint density at radius 3 is 2.43 bits per heavy atom. The van der Waals surface area contributed by atoms with E-state index in [0.717, 1.165) is 18.4 Å². The van der Waals surface area contributed by atoms with Gasteiger partial charge in [0.1, 0.15) is 0 Å². The largest absolute Gasteiger partial charge is 0.350 e. The lowest BCUT2D eigenvalue weighted by Crippen LogP contribution is -2.30. The molecule has 1 aliphatic heterocycles. The van der Waals surface area contributed by atoms with Crippen molar-refractivity contribution in [3.8, 4) is 0 Å². The van der Waals surface area contributed by atoms with Gasteiger partial charge in [0.05, 0.1) is 11.4 Å². The predicted molar refractivity (Wildman–Crippen MR) is 91.6 cm³/mol. The number of nitrogens with zero attached hydrogens (tertiary/aromatic N) is 1. The highest BCUT2D eigenvalue weighted by atomic mass is 32.2. The van der Waals surface area contributed by atoms with Crippen LogP contribution in [0.2, 0.25) is 0 Å². The zero-order valence-corrected chi connectivity index (χ0v) is 13.9. The summed E-state index contributed by atoms with van der Waals surface area (Å²) >= 11 is 0. The second-order valence-electron chi connectivity index (χ2n) is 6.16. The van der Waals surface area contributed by atoms with Crippen molar-refractivity contribution in [2.45, 2.75) is 38.1 Å². The molecule has 1 aliphatic carbocycles. The van der Waals surface area contributed by atoms with E-state index >= 15 is 0 Å². The molecule has 5 nitrogen and oxygen atoms in total. The topological polar surface area (TPSA) is 66.5 Å². The van der Waals surface area contributed by atoms with Gasteiger partial charge in [-0.3, -0.25) is 9.10 Å². The molecule has 0 radical (unpaired) electrons. The Labute approximate surface area is 137 Å². The fraction of sp³-hybridized carbons (Fsp3) is 0.471. The molecule has 1 heterocycles. The number of hydrogen-bond donors (Lipinski definition) is 1. The zero-order chi connectivity index (χ0) is 16.3. The Balaban J connectivity index is 1.61. The summed E-state index contributed by atoms with van der Waals surface area (Å²) in [7, 11) is -3.14. The molecule has 0 unspecified atom stereocenters. The van der Waals surface area contributed by atoms with E-state index < -0.39 is 10.0 Å². The number of amides is 1. The summed E-state index contributed by atoms with van der Waals surface area (Å²) in [5, 5.41) is 3.00. The summed E-state index contributed by atoms with van der Waals surface area (Å²) in [4.78, 5) is 11.8. The molecule has 124 valence electrons. The second-order valence-corrected chi connectivity index (χ2v) is 8.17. The van der Waals surface area contributed by atoms with E-state index in [9.17, 15) is 13.2 Å². The molecule has 1 aromatic carbocycles. The molecule has 1 saturated carbocycles. The van der Waals surface area contributed by atoms with Gasteiger partial charge in [0.15, 0.2) is 0 Å². The standard InChI is InChI=1S/C17H22N2O3S/c20-17(18-15-4-1-2-5-15)11-8-14-6-9-16(10-7-14)19-12-3-13-23(19,21)22/h6-11,15H,1-5,12-13H2,(H,18,20)/b11-8+. The van der Waals surface area contributed by atoms with Crippen LogP contribution >= 0.6 is 0 Å².